The molecule has 9 atom stereocenters. The summed E-state index contributed by atoms with van der Waals surface area (Å²) in [7, 11) is 0. The highest BCUT2D eigenvalue weighted by molar-refractivity contribution is 5.44. The standard InChI is InChI=1S/C22H25FO9/c23-13-7-11(2-5-16-14(26)8-15(27)18(9-24)31-16)1-3-12(13)4-6-17-20(28)22(30)21(29)19(10-25)32-17/h1,3,7,14-22,24-30H,8-10H2/t14?,15-,16?,17?,18?,19?,20?,21+,22?/m0/s1. The topological polar surface area (TPSA) is 160 Å². The maximum atomic E-state index is 14.4. The van der Waals surface area contributed by atoms with Crippen molar-refractivity contribution in [1.29, 1.82) is 0 Å². The van der Waals surface area contributed by atoms with Crippen LogP contribution in [0, 0.1) is 29.5 Å². The Labute approximate surface area is 183 Å². The van der Waals surface area contributed by atoms with E-state index >= 15 is 0 Å². The van der Waals surface area contributed by atoms with Crippen molar-refractivity contribution in [2.45, 2.75) is 61.4 Å². The molecular formula is C22H25FO9. The Bertz CT molecular complexity index is 915. The molecule has 0 radical (unpaired) electrons. The lowest BCUT2D eigenvalue weighted by atomic mass is 9.95. The van der Waals surface area contributed by atoms with Crippen molar-refractivity contribution < 1.29 is 49.6 Å². The van der Waals surface area contributed by atoms with Crippen LogP contribution in [-0.2, 0) is 9.47 Å². The summed E-state index contributed by atoms with van der Waals surface area (Å²) in [4.78, 5) is 0. The number of aliphatic hydroxyl groups excluding tert-OH is 7. The van der Waals surface area contributed by atoms with E-state index in [0.717, 1.165) is 6.07 Å². The molecule has 7 unspecified atom stereocenters. The molecule has 2 saturated heterocycles. The lowest BCUT2D eigenvalue weighted by Crippen LogP contribution is -2.58. The number of ether oxygens (including phenoxy) is 2. The zero-order chi connectivity index (χ0) is 23.4. The van der Waals surface area contributed by atoms with E-state index in [-0.39, 0.29) is 17.5 Å². The Morgan fingerprint density at radius 2 is 1.47 bits per heavy atom. The molecule has 2 fully saturated rings. The number of hydrogen-bond donors (Lipinski definition) is 7. The molecule has 2 heterocycles. The Kier molecular flexibility index (Phi) is 8.20. The van der Waals surface area contributed by atoms with Gasteiger partial charge in [-0.2, -0.15) is 0 Å². The van der Waals surface area contributed by atoms with E-state index in [4.69, 9.17) is 9.47 Å². The first-order valence-corrected chi connectivity index (χ1v) is 10.0. The molecule has 2 aliphatic rings. The molecule has 2 aliphatic heterocycles. The normalized spacial score (nSPS) is 37.1. The van der Waals surface area contributed by atoms with E-state index < -0.39 is 74.0 Å². The molecule has 10 heteroatoms. The first-order chi connectivity index (χ1) is 15.2. The van der Waals surface area contributed by atoms with Gasteiger partial charge >= 0.3 is 0 Å². The molecule has 7 N–H and O–H groups in total. The fraction of sp³-hybridized carbons (Fsp3) is 0.545. The molecule has 0 amide bonds. The van der Waals surface area contributed by atoms with Crippen molar-refractivity contribution in [2.24, 2.45) is 0 Å². The van der Waals surface area contributed by atoms with Gasteiger partial charge < -0.3 is 45.2 Å². The van der Waals surface area contributed by atoms with Gasteiger partial charge in [-0.05, 0) is 18.2 Å². The molecule has 0 spiro atoms. The average Bonchev–Trinajstić information content (AvgIpc) is 2.77. The van der Waals surface area contributed by atoms with Gasteiger partial charge in [-0.25, -0.2) is 4.39 Å². The van der Waals surface area contributed by atoms with Crippen LogP contribution >= 0.6 is 0 Å². The summed E-state index contributed by atoms with van der Waals surface area (Å²) in [5.41, 5.74) is 0.230. The minimum atomic E-state index is -1.58. The molecule has 9 nitrogen and oxygen atoms in total. The SMILES string of the molecule is OCC1OC(C#Cc2ccc(C#CC3OC(CO)[C@@H](O)CC3O)cc2F)C(O)C(O)[C@@H]1O. The van der Waals surface area contributed by atoms with Crippen molar-refractivity contribution in [2.75, 3.05) is 13.2 Å². The van der Waals surface area contributed by atoms with Crippen molar-refractivity contribution in [3.05, 3.63) is 35.1 Å². The molecule has 174 valence electrons. The van der Waals surface area contributed by atoms with Gasteiger partial charge in [-0.3, -0.25) is 0 Å². The van der Waals surface area contributed by atoms with Crippen LogP contribution in [0.4, 0.5) is 4.39 Å². The summed E-state index contributed by atoms with van der Waals surface area (Å²) >= 11 is 0. The molecule has 1 aromatic rings. The van der Waals surface area contributed by atoms with Crippen LogP contribution in [0.25, 0.3) is 0 Å². The maximum Gasteiger partial charge on any atom is 0.147 e. The Balaban J connectivity index is 1.71. The van der Waals surface area contributed by atoms with E-state index in [1.54, 1.807) is 0 Å². The van der Waals surface area contributed by atoms with Gasteiger partial charge in [0, 0.05) is 12.0 Å². The van der Waals surface area contributed by atoms with Crippen LogP contribution in [0.2, 0.25) is 0 Å². The van der Waals surface area contributed by atoms with Crippen LogP contribution in [0.15, 0.2) is 18.2 Å². The van der Waals surface area contributed by atoms with Crippen molar-refractivity contribution in [3.8, 4) is 23.7 Å². The number of aliphatic hydroxyl groups is 7. The van der Waals surface area contributed by atoms with Crippen LogP contribution in [0.5, 0.6) is 0 Å². The second kappa shape index (κ2) is 10.7. The fourth-order valence-electron chi connectivity index (χ4n) is 3.41. The minimum absolute atomic E-state index is 0.00852. The smallest absolute Gasteiger partial charge is 0.147 e. The van der Waals surface area contributed by atoms with Gasteiger partial charge in [0.2, 0.25) is 0 Å². The van der Waals surface area contributed by atoms with E-state index in [1.165, 1.54) is 12.1 Å². The van der Waals surface area contributed by atoms with E-state index in [0.29, 0.717) is 0 Å². The highest BCUT2D eigenvalue weighted by atomic mass is 19.1. The fourth-order valence-corrected chi connectivity index (χ4v) is 3.41. The summed E-state index contributed by atoms with van der Waals surface area (Å²) in [5.74, 6) is 9.59. The molecular weight excluding hydrogens is 427 g/mol. The minimum Gasteiger partial charge on any atom is -0.394 e. The molecule has 0 aliphatic carbocycles. The van der Waals surface area contributed by atoms with Crippen molar-refractivity contribution in [1.82, 2.24) is 0 Å². The van der Waals surface area contributed by atoms with Crippen LogP contribution in [0.3, 0.4) is 0 Å². The van der Waals surface area contributed by atoms with Crippen LogP contribution in [0.1, 0.15) is 17.5 Å². The lowest BCUT2D eigenvalue weighted by molar-refractivity contribution is -0.214. The quantitative estimate of drug-likeness (QED) is 0.236. The van der Waals surface area contributed by atoms with Gasteiger partial charge in [0.05, 0.1) is 31.0 Å². The summed E-state index contributed by atoms with van der Waals surface area (Å²) in [6.07, 6.45) is -10.9. The molecule has 3 rings (SSSR count). The van der Waals surface area contributed by atoms with Gasteiger partial charge in [0.15, 0.2) is 0 Å². The number of halogens is 1. The highest BCUT2D eigenvalue weighted by Crippen LogP contribution is 2.22. The summed E-state index contributed by atoms with van der Waals surface area (Å²) in [6.45, 7) is -1.02. The van der Waals surface area contributed by atoms with Crippen molar-refractivity contribution >= 4 is 0 Å². The Hall–Kier alpha value is -2.09. The molecule has 1 aromatic carbocycles. The van der Waals surface area contributed by atoms with Gasteiger partial charge in [-0.15, -0.1) is 0 Å². The molecule has 0 saturated carbocycles. The monoisotopic (exact) mass is 452 g/mol. The van der Waals surface area contributed by atoms with Crippen LogP contribution in [-0.4, -0.2) is 104 Å². The maximum absolute atomic E-state index is 14.4. The third-order valence-corrected chi connectivity index (χ3v) is 5.33. The van der Waals surface area contributed by atoms with E-state index in [2.05, 4.69) is 23.7 Å². The number of hydrogen-bond acceptors (Lipinski definition) is 9. The predicted octanol–water partition coefficient (Wildman–Crippen LogP) is -2.76. The third-order valence-electron chi connectivity index (χ3n) is 5.33. The van der Waals surface area contributed by atoms with Gasteiger partial charge in [-0.1, -0.05) is 23.7 Å². The number of rotatable bonds is 2. The molecule has 0 aromatic heterocycles. The first-order valence-electron chi connectivity index (χ1n) is 10.0. The van der Waals surface area contributed by atoms with Crippen molar-refractivity contribution in [3.63, 3.8) is 0 Å². The van der Waals surface area contributed by atoms with Gasteiger partial charge in [0.1, 0.15) is 48.5 Å². The average molecular weight is 452 g/mol. The number of benzene rings is 1. The van der Waals surface area contributed by atoms with E-state index in [1.807, 2.05) is 0 Å². The second-order valence-electron chi connectivity index (χ2n) is 7.63. The van der Waals surface area contributed by atoms with E-state index in [9.17, 15) is 40.1 Å². The molecule has 32 heavy (non-hydrogen) atoms. The first kappa shape index (κ1) is 24.6. The summed E-state index contributed by atoms with van der Waals surface area (Å²) in [5, 5.41) is 67.6. The largest absolute Gasteiger partial charge is 0.394 e. The summed E-state index contributed by atoms with van der Waals surface area (Å²) < 4.78 is 25.1. The highest BCUT2D eigenvalue weighted by Gasteiger charge is 2.42. The lowest BCUT2D eigenvalue weighted by Gasteiger charge is -2.37. The predicted molar refractivity (Wildman–Crippen MR) is 106 cm³/mol. The van der Waals surface area contributed by atoms with Crippen LogP contribution < -0.4 is 0 Å². The second-order valence-corrected chi connectivity index (χ2v) is 7.63. The van der Waals surface area contributed by atoms with Gasteiger partial charge in [0.25, 0.3) is 0 Å². The third kappa shape index (κ3) is 5.45. The Morgan fingerprint density at radius 1 is 0.812 bits per heavy atom. The Morgan fingerprint density at radius 3 is 2.12 bits per heavy atom. The molecule has 0 bridgehead atoms. The summed E-state index contributed by atoms with van der Waals surface area (Å²) in [6, 6.07) is 3.92. The zero-order valence-electron chi connectivity index (χ0n) is 16.9. The zero-order valence-corrected chi connectivity index (χ0v) is 16.9.